The third kappa shape index (κ3) is 2.87. The number of aliphatic hydroxyl groups excluding tert-OH is 4. The number of aliphatic hydroxyl groups is 4. The number of ether oxygens (including phenoxy) is 2. The molecule has 6 nitrogen and oxygen atoms in total. The van der Waals surface area contributed by atoms with Crippen molar-refractivity contribution < 1.29 is 29.9 Å². The van der Waals surface area contributed by atoms with Crippen LogP contribution in [0.3, 0.4) is 0 Å². The van der Waals surface area contributed by atoms with Gasteiger partial charge in [0.05, 0.1) is 13.2 Å². The van der Waals surface area contributed by atoms with E-state index in [1.54, 1.807) is 13.8 Å². The van der Waals surface area contributed by atoms with Crippen LogP contribution in [0.1, 0.15) is 13.8 Å². The van der Waals surface area contributed by atoms with Gasteiger partial charge in [-0.25, -0.2) is 0 Å². The van der Waals surface area contributed by atoms with Gasteiger partial charge in [-0.05, 0) is 13.8 Å². The van der Waals surface area contributed by atoms with Crippen molar-refractivity contribution in [3.63, 3.8) is 0 Å². The molecule has 0 amide bonds. The lowest BCUT2D eigenvalue weighted by Crippen LogP contribution is -2.45. The molecule has 0 bridgehead atoms. The Morgan fingerprint density at radius 1 is 1.00 bits per heavy atom. The minimum atomic E-state index is -1.14. The fourth-order valence-electron chi connectivity index (χ4n) is 1.62. The number of hydrogen-bond acceptors (Lipinski definition) is 6. The lowest BCUT2D eigenvalue weighted by molar-refractivity contribution is -0.163. The number of rotatable bonds is 4. The zero-order valence-electron chi connectivity index (χ0n) is 8.83. The Bertz CT molecular complexity index is 187. The van der Waals surface area contributed by atoms with Gasteiger partial charge < -0.3 is 29.9 Å². The molecule has 1 heterocycles. The Hall–Kier alpha value is -0.240. The maximum absolute atomic E-state index is 9.46. The highest BCUT2D eigenvalue weighted by atomic mass is 16.8. The van der Waals surface area contributed by atoms with E-state index in [1.165, 1.54) is 0 Å². The summed E-state index contributed by atoms with van der Waals surface area (Å²) in [6.07, 6.45) is -3.96. The Morgan fingerprint density at radius 2 is 1.33 bits per heavy atom. The molecule has 6 heteroatoms. The zero-order valence-corrected chi connectivity index (χ0v) is 8.83. The molecule has 1 aliphatic heterocycles. The van der Waals surface area contributed by atoms with Gasteiger partial charge in [-0.3, -0.25) is 0 Å². The maximum Gasteiger partial charge on any atom is 0.164 e. The summed E-state index contributed by atoms with van der Waals surface area (Å²) in [6, 6.07) is 0. The van der Waals surface area contributed by atoms with E-state index in [9.17, 15) is 10.2 Å². The third-order valence-corrected chi connectivity index (χ3v) is 2.30. The first kappa shape index (κ1) is 12.8. The van der Waals surface area contributed by atoms with E-state index in [0.29, 0.717) is 0 Å². The second kappa shape index (κ2) is 4.73. The molecule has 0 aromatic heterocycles. The van der Waals surface area contributed by atoms with Crippen LogP contribution in [0, 0.1) is 0 Å². The van der Waals surface area contributed by atoms with Crippen molar-refractivity contribution in [2.75, 3.05) is 13.2 Å². The van der Waals surface area contributed by atoms with Crippen molar-refractivity contribution in [3.05, 3.63) is 0 Å². The molecule has 90 valence electrons. The Kier molecular flexibility index (Phi) is 4.05. The van der Waals surface area contributed by atoms with Crippen LogP contribution in [0.2, 0.25) is 0 Å². The predicted molar refractivity (Wildman–Crippen MR) is 50.0 cm³/mol. The average molecular weight is 222 g/mol. The SMILES string of the molecule is CC1(C)OC([C@H](O)CO)[C@@H]([C@H](O)CO)O1. The molecule has 1 rings (SSSR count). The smallest absolute Gasteiger partial charge is 0.164 e. The van der Waals surface area contributed by atoms with Gasteiger partial charge in [-0.1, -0.05) is 0 Å². The molecule has 0 aromatic rings. The predicted octanol–water partition coefficient (Wildman–Crippen LogP) is -1.79. The van der Waals surface area contributed by atoms with Crippen LogP contribution < -0.4 is 0 Å². The third-order valence-electron chi connectivity index (χ3n) is 2.30. The molecule has 0 aromatic carbocycles. The van der Waals surface area contributed by atoms with Crippen LogP contribution in [0.4, 0.5) is 0 Å². The molecular formula is C9H18O6. The van der Waals surface area contributed by atoms with E-state index in [1.807, 2.05) is 0 Å². The maximum atomic E-state index is 9.46. The van der Waals surface area contributed by atoms with Gasteiger partial charge in [0.25, 0.3) is 0 Å². The summed E-state index contributed by atoms with van der Waals surface area (Å²) < 4.78 is 10.7. The molecule has 0 spiro atoms. The van der Waals surface area contributed by atoms with Gasteiger partial charge >= 0.3 is 0 Å². The zero-order chi connectivity index (χ0) is 11.6. The Morgan fingerprint density at radius 3 is 1.60 bits per heavy atom. The van der Waals surface area contributed by atoms with Crippen molar-refractivity contribution in [1.82, 2.24) is 0 Å². The Labute approximate surface area is 88.1 Å². The highest BCUT2D eigenvalue weighted by molar-refractivity contribution is 4.90. The molecule has 1 fully saturated rings. The fourth-order valence-corrected chi connectivity index (χ4v) is 1.62. The fraction of sp³-hybridized carbons (Fsp3) is 1.00. The molecule has 0 saturated carbocycles. The van der Waals surface area contributed by atoms with Gasteiger partial charge in [-0.15, -0.1) is 0 Å². The van der Waals surface area contributed by atoms with E-state index < -0.39 is 43.4 Å². The molecule has 4 N–H and O–H groups in total. The molecule has 1 unspecified atom stereocenters. The van der Waals surface area contributed by atoms with Crippen LogP contribution in [0.15, 0.2) is 0 Å². The van der Waals surface area contributed by atoms with E-state index in [2.05, 4.69) is 0 Å². The molecule has 0 radical (unpaired) electrons. The quantitative estimate of drug-likeness (QED) is 0.448. The van der Waals surface area contributed by atoms with Gasteiger partial charge in [0.15, 0.2) is 5.79 Å². The summed E-state index contributed by atoms with van der Waals surface area (Å²) in [6.45, 7) is 2.29. The molecule has 1 saturated heterocycles. The minimum absolute atomic E-state index is 0.487. The highest BCUT2D eigenvalue weighted by Gasteiger charge is 2.47. The molecule has 15 heavy (non-hydrogen) atoms. The lowest BCUT2D eigenvalue weighted by Gasteiger charge is -2.23. The largest absolute Gasteiger partial charge is 0.394 e. The van der Waals surface area contributed by atoms with Crippen molar-refractivity contribution in [3.8, 4) is 0 Å². The second-order valence-electron chi connectivity index (χ2n) is 4.06. The van der Waals surface area contributed by atoms with Crippen LogP contribution in [0.5, 0.6) is 0 Å². The second-order valence-corrected chi connectivity index (χ2v) is 4.06. The number of hydrogen-bond donors (Lipinski definition) is 4. The summed E-state index contributed by atoms with van der Waals surface area (Å²) in [4.78, 5) is 0. The molecular weight excluding hydrogens is 204 g/mol. The van der Waals surface area contributed by atoms with E-state index in [4.69, 9.17) is 19.7 Å². The van der Waals surface area contributed by atoms with Crippen LogP contribution in [-0.2, 0) is 9.47 Å². The summed E-state index contributed by atoms with van der Waals surface area (Å²) in [7, 11) is 0. The topological polar surface area (TPSA) is 99.4 Å². The van der Waals surface area contributed by atoms with Gasteiger partial charge in [0, 0.05) is 0 Å². The van der Waals surface area contributed by atoms with Crippen molar-refractivity contribution in [1.29, 1.82) is 0 Å². The Balaban J connectivity index is 2.74. The van der Waals surface area contributed by atoms with Gasteiger partial charge in [0.2, 0.25) is 0 Å². The normalized spacial score (nSPS) is 34.0. The highest BCUT2D eigenvalue weighted by Crippen LogP contribution is 2.31. The minimum Gasteiger partial charge on any atom is -0.394 e. The van der Waals surface area contributed by atoms with Crippen LogP contribution >= 0.6 is 0 Å². The van der Waals surface area contributed by atoms with E-state index in [-0.39, 0.29) is 0 Å². The summed E-state index contributed by atoms with van der Waals surface area (Å²) in [5.41, 5.74) is 0. The first-order valence-corrected chi connectivity index (χ1v) is 4.85. The van der Waals surface area contributed by atoms with Gasteiger partial charge in [-0.2, -0.15) is 0 Å². The first-order chi connectivity index (χ1) is 6.91. The van der Waals surface area contributed by atoms with Crippen molar-refractivity contribution in [2.45, 2.75) is 44.1 Å². The van der Waals surface area contributed by atoms with Crippen LogP contribution in [0.25, 0.3) is 0 Å². The van der Waals surface area contributed by atoms with Gasteiger partial charge in [0.1, 0.15) is 24.4 Å². The average Bonchev–Trinajstić information content (AvgIpc) is 2.52. The monoisotopic (exact) mass is 222 g/mol. The standard InChI is InChI=1S/C9H18O6/c1-9(2)14-7(5(12)3-10)8(15-9)6(13)4-11/h5-8,10-13H,3-4H2,1-2H3/t5-,6-,7-,8?/m1/s1. The summed E-state index contributed by atoms with van der Waals surface area (Å²) in [5, 5.41) is 36.5. The van der Waals surface area contributed by atoms with Crippen molar-refractivity contribution >= 4 is 0 Å². The lowest BCUT2D eigenvalue weighted by atomic mass is 10.0. The first-order valence-electron chi connectivity index (χ1n) is 4.85. The molecule has 0 aliphatic carbocycles. The summed E-state index contributed by atoms with van der Waals surface area (Å²) in [5.74, 6) is -0.943. The summed E-state index contributed by atoms with van der Waals surface area (Å²) >= 11 is 0. The van der Waals surface area contributed by atoms with Crippen LogP contribution in [-0.4, -0.2) is 63.8 Å². The van der Waals surface area contributed by atoms with Crippen molar-refractivity contribution in [2.24, 2.45) is 0 Å². The van der Waals surface area contributed by atoms with E-state index in [0.717, 1.165) is 0 Å². The molecule has 1 aliphatic rings. The van der Waals surface area contributed by atoms with E-state index >= 15 is 0 Å². The molecule has 4 atom stereocenters.